The molecular weight excluding hydrogens is 601 g/mol. The zero-order valence-electron chi connectivity index (χ0n) is 26.7. The van der Waals surface area contributed by atoms with Gasteiger partial charge in [-0.05, 0) is 63.6 Å². The Morgan fingerprint density at radius 2 is 1.78 bits per heavy atom. The third-order valence-electron chi connectivity index (χ3n) is 7.86. The monoisotopic (exact) mass is 638 g/mol. The molecule has 0 unspecified atom stereocenters. The van der Waals surface area contributed by atoms with Crippen molar-refractivity contribution >= 4 is 34.9 Å². The van der Waals surface area contributed by atoms with Crippen molar-refractivity contribution in [2.45, 2.75) is 40.4 Å². The average Bonchev–Trinajstić information content (AvgIpc) is 3.04. The number of alkyl halides is 3. The minimum Gasteiger partial charge on any atom is -0.497 e. The molecule has 3 aromatic rings. The number of halogens is 3. The van der Waals surface area contributed by atoms with Gasteiger partial charge in [-0.3, -0.25) is 4.90 Å². The lowest BCUT2D eigenvalue weighted by Gasteiger charge is -2.38. The highest BCUT2D eigenvalue weighted by Gasteiger charge is 2.37. The number of carbonyl (C=O) groups excluding carboxylic acids is 1. The number of hydrogen-bond acceptors (Lipinski definition) is 8. The van der Waals surface area contributed by atoms with Crippen molar-refractivity contribution in [2.75, 3.05) is 55.6 Å². The number of anilines is 5. The number of rotatable bonds is 8. The SMILES string of the molecule is C/C=C(/C)C(=C(C)C)N1Cc2cnc(Nc3cc(N4CCOCC4)cc(C(F)(F)F)c3)nc2N(c2ccc(OC)cc2OC)C1=O. The third kappa shape index (κ3) is 6.59. The molecule has 46 heavy (non-hydrogen) atoms. The second kappa shape index (κ2) is 13.3. The molecule has 0 radical (unpaired) electrons. The number of urea groups is 1. The first-order valence-corrected chi connectivity index (χ1v) is 14.8. The van der Waals surface area contributed by atoms with Gasteiger partial charge in [0.1, 0.15) is 11.5 Å². The van der Waals surface area contributed by atoms with Crippen LogP contribution in [-0.2, 0) is 17.5 Å². The summed E-state index contributed by atoms with van der Waals surface area (Å²) in [5.41, 5.74) is 3.41. The topological polar surface area (TPSA) is 92.3 Å². The van der Waals surface area contributed by atoms with Crippen LogP contribution < -0.4 is 24.6 Å². The van der Waals surface area contributed by atoms with Crippen molar-refractivity contribution in [3.05, 3.63) is 76.6 Å². The molecule has 1 saturated heterocycles. The van der Waals surface area contributed by atoms with E-state index < -0.39 is 11.7 Å². The van der Waals surface area contributed by atoms with Crippen LogP contribution in [0.2, 0.25) is 0 Å². The molecule has 5 rings (SSSR count). The van der Waals surface area contributed by atoms with Gasteiger partial charge in [0.25, 0.3) is 0 Å². The van der Waals surface area contributed by atoms with Crippen LogP contribution in [0, 0.1) is 0 Å². The Morgan fingerprint density at radius 1 is 1.04 bits per heavy atom. The number of fused-ring (bicyclic) bond motifs is 1. The molecule has 0 bridgehead atoms. The molecule has 0 spiro atoms. The summed E-state index contributed by atoms with van der Waals surface area (Å²) in [5.74, 6) is 1.19. The van der Waals surface area contributed by atoms with Gasteiger partial charge in [0.2, 0.25) is 5.95 Å². The van der Waals surface area contributed by atoms with Crippen molar-refractivity contribution in [3.63, 3.8) is 0 Å². The van der Waals surface area contributed by atoms with Gasteiger partial charge in [-0.2, -0.15) is 18.2 Å². The van der Waals surface area contributed by atoms with Crippen molar-refractivity contribution in [2.24, 2.45) is 0 Å². The molecule has 10 nitrogen and oxygen atoms in total. The van der Waals surface area contributed by atoms with E-state index in [0.29, 0.717) is 54.7 Å². The summed E-state index contributed by atoms with van der Waals surface area (Å²) in [5, 5.41) is 2.96. The van der Waals surface area contributed by atoms with Crippen molar-refractivity contribution < 1.29 is 32.2 Å². The summed E-state index contributed by atoms with van der Waals surface area (Å²) in [7, 11) is 3.02. The maximum absolute atomic E-state index is 14.4. The summed E-state index contributed by atoms with van der Waals surface area (Å²) < 4.78 is 58.3. The number of carbonyl (C=O) groups is 1. The second-order valence-corrected chi connectivity index (χ2v) is 11.1. The molecule has 1 aromatic heterocycles. The highest BCUT2D eigenvalue weighted by molar-refractivity contribution is 6.03. The van der Waals surface area contributed by atoms with E-state index in [4.69, 9.17) is 19.2 Å². The maximum Gasteiger partial charge on any atom is 0.416 e. The number of nitrogens with one attached hydrogen (secondary N) is 1. The summed E-state index contributed by atoms with van der Waals surface area (Å²) >= 11 is 0. The van der Waals surface area contributed by atoms with Crippen LogP contribution in [0.25, 0.3) is 0 Å². The van der Waals surface area contributed by atoms with Crippen LogP contribution >= 0.6 is 0 Å². The Labute approximate surface area is 266 Å². The standard InChI is InChI=1S/C33H37F3N6O4/c1-7-21(4)29(20(2)3)41-19-22-18-37-31(39-30(22)42(32(41)43)27-9-8-26(44-5)17-28(27)45-6)38-24-14-23(33(34,35)36)15-25(16-24)40-10-12-46-13-11-40/h7-9,14-18H,10-13,19H2,1-6H3,(H,37,38,39)/b21-7-. The number of aromatic nitrogens is 2. The van der Waals surface area contributed by atoms with Crippen molar-refractivity contribution in [1.29, 1.82) is 0 Å². The Kier molecular flexibility index (Phi) is 9.42. The number of ether oxygens (including phenoxy) is 3. The molecule has 2 aliphatic rings. The number of hydrogen-bond donors (Lipinski definition) is 1. The lowest BCUT2D eigenvalue weighted by molar-refractivity contribution is -0.137. The van der Waals surface area contributed by atoms with Gasteiger partial charge in [-0.1, -0.05) is 11.6 Å². The van der Waals surface area contributed by atoms with Gasteiger partial charge in [0.05, 0.1) is 45.2 Å². The minimum atomic E-state index is -4.57. The first kappa shape index (κ1) is 32.6. The van der Waals surface area contributed by atoms with Crippen LogP contribution in [0.1, 0.15) is 38.8 Å². The third-order valence-corrected chi connectivity index (χ3v) is 7.86. The van der Waals surface area contributed by atoms with Crippen LogP contribution in [0.5, 0.6) is 11.5 Å². The molecule has 3 heterocycles. The fourth-order valence-corrected chi connectivity index (χ4v) is 5.57. The first-order chi connectivity index (χ1) is 21.9. The smallest absolute Gasteiger partial charge is 0.416 e. The van der Waals surface area contributed by atoms with E-state index in [1.54, 1.807) is 35.4 Å². The van der Waals surface area contributed by atoms with Gasteiger partial charge in [-0.25, -0.2) is 14.7 Å². The van der Waals surface area contributed by atoms with E-state index in [1.807, 2.05) is 38.7 Å². The van der Waals surface area contributed by atoms with E-state index in [2.05, 4.69) is 10.3 Å². The molecule has 2 aromatic carbocycles. The molecule has 1 N–H and O–H groups in total. The number of allylic oxidation sites excluding steroid dienone is 3. The number of methoxy groups -OCH3 is 2. The first-order valence-electron chi connectivity index (χ1n) is 14.8. The lowest BCUT2D eigenvalue weighted by atomic mass is 10.1. The van der Waals surface area contributed by atoms with Crippen LogP contribution in [0.15, 0.2) is 65.5 Å². The van der Waals surface area contributed by atoms with Crippen LogP contribution in [0.4, 0.5) is 46.8 Å². The fraction of sp³-hybridized carbons (Fsp3) is 0.364. The largest absolute Gasteiger partial charge is 0.497 e. The zero-order chi connectivity index (χ0) is 33.2. The number of amides is 2. The van der Waals surface area contributed by atoms with Crippen LogP contribution in [-0.4, -0.2) is 61.4 Å². The summed E-state index contributed by atoms with van der Waals surface area (Å²) in [6, 6.07) is 8.46. The zero-order valence-corrected chi connectivity index (χ0v) is 26.7. The van der Waals surface area contributed by atoms with Gasteiger partial charge in [0, 0.05) is 48.0 Å². The molecule has 0 saturated carbocycles. The van der Waals surface area contributed by atoms with Gasteiger partial charge in [-0.15, -0.1) is 0 Å². The molecule has 0 aliphatic carbocycles. The second-order valence-electron chi connectivity index (χ2n) is 11.1. The predicted molar refractivity (Wildman–Crippen MR) is 170 cm³/mol. The predicted octanol–water partition coefficient (Wildman–Crippen LogP) is 7.43. The van der Waals surface area contributed by atoms with Gasteiger partial charge < -0.3 is 24.4 Å². The molecule has 2 amide bonds. The minimum absolute atomic E-state index is 0.0248. The molecular formula is C33H37F3N6O4. The average molecular weight is 639 g/mol. The van der Waals surface area contributed by atoms with Gasteiger partial charge >= 0.3 is 12.2 Å². The summed E-state index contributed by atoms with van der Waals surface area (Å²) in [6.07, 6.45) is -1.05. The normalized spacial score (nSPS) is 15.5. The number of morpholine rings is 1. The number of benzene rings is 2. The summed E-state index contributed by atoms with van der Waals surface area (Å²) in [4.78, 5) is 28.5. The van der Waals surface area contributed by atoms with E-state index >= 15 is 0 Å². The highest BCUT2D eigenvalue weighted by atomic mass is 19.4. The molecule has 0 atom stereocenters. The molecule has 1 fully saturated rings. The lowest BCUT2D eigenvalue weighted by Crippen LogP contribution is -2.45. The quantitative estimate of drug-likeness (QED) is 0.255. The Hall–Kier alpha value is -4.78. The van der Waals surface area contributed by atoms with Crippen molar-refractivity contribution in [3.8, 4) is 11.5 Å². The number of nitrogens with zero attached hydrogens (tertiary/aromatic N) is 5. The summed E-state index contributed by atoms with van der Waals surface area (Å²) in [6.45, 7) is 9.68. The molecule has 244 valence electrons. The van der Waals surface area contributed by atoms with E-state index in [-0.39, 0.29) is 30.0 Å². The fourth-order valence-electron chi connectivity index (χ4n) is 5.57. The Bertz CT molecular complexity index is 1680. The van der Waals surface area contributed by atoms with Crippen molar-refractivity contribution in [1.82, 2.24) is 14.9 Å². The van der Waals surface area contributed by atoms with E-state index in [1.165, 1.54) is 19.1 Å². The molecule has 2 aliphatic heterocycles. The molecule has 13 heteroatoms. The van der Waals surface area contributed by atoms with E-state index in [0.717, 1.165) is 29.0 Å². The Balaban J connectivity index is 1.62. The Morgan fingerprint density at radius 3 is 2.41 bits per heavy atom. The van der Waals surface area contributed by atoms with E-state index in [9.17, 15) is 18.0 Å². The highest BCUT2D eigenvalue weighted by Crippen LogP contribution is 2.42. The van der Waals surface area contributed by atoms with Crippen LogP contribution in [0.3, 0.4) is 0 Å². The van der Waals surface area contributed by atoms with Gasteiger partial charge in [0.15, 0.2) is 5.82 Å². The maximum atomic E-state index is 14.4.